The number of hydrogen-bond donors (Lipinski definition) is 1. The number of rotatable bonds is 3. The average Bonchev–Trinajstić information content (AvgIpc) is 3.17. The summed E-state index contributed by atoms with van der Waals surface area (Å²) in [5, 5.41) is 10.5. The molecule has 4 aliphatic rings. The third kappa shape index (κ3) is 3.53. The quantitative estimate of drug-likeness (QED) is 0.232. The number of para-hydroxylation sites is 1. The van der Waals surface area contributed by atoms with E-state index in [4.69, 9.17) is 4.74 Å². The highest BCUT2D eigenvalue weighted by Crippen LogP contribution is 2.56. The van der Waals surface area contributed by atoms with Gasteiger partial charge in [-0.05, 0) is 84.2 Å². The number of anilines is 1. The Bertz CT molecular complexity index is 1540. The second-order valence-corrected chi connectivity index (χ2v) is 11.3. The van der Waals surface area contributed by atoms with E-state index in [1.165, 1.54) is 18.1 Å². The van der Waals surface area contributed by atoms with Crippen molar-refractivity contribution in [1.82, 2.24) is 0 Å². The molecule has 1 fully saturated rings. The molecule has 0 saturated carbocycles. The minimum absolute atomic E-state index is 0.00652. The number of benzene rings is 2. The van der Waals surface area contributed by atoms with Crippen LogP contribution in [0.2, 0.25) is 0 Å². The second kappa shape index (κ2) is 9.04. The van der Waals surface area contributed by atoms with Gasteiger partial charge in [0.25, 0.3) is 0 Å². The topological polar surface area (TPSA) is 101 Å². The van der Waals surface area contributed by atoms with Crippen molar-refractivity contribution in [3.8, 4) is 11.5 Å². The number of allylic oxidation sites excluding steroid dienone is 6. The average molecular weight is 621 g/mol. The number of fused-ring (bicyclic) bond motifs is 3. The highest BCUT2D eigenvalue weighted by molar-refractivity contribution is 14.1. The van der Waals surface area contributed by atoms with Crippen molar-refractivity contribution in [3.05, 3.63) is 86.0 Å². The van der Waals surface area contributed by atoms with Gasteiger partial charge in [-0.15, -0.1) is 0 Å². The number of ketones is 2. The predicted molar refractivity (Wildman–Crippen MR) is 148 cm³/mol. The van der Waals surface area contributed by atoms with Gasteiger partial charge in [0.05, 0.1) is 28.2 Å². The zero-order valence-electron chi connectivity index (χ0n) is 20.7. The molecular formula is C30H24INO6. The Hall–Kier alpha value is -3.53. The molecule has 2 aromatic rings. The minimum atomic E-state index is -0.633. The van der Waals surface area contributed by atoms with Crippen LogP contribution in [-0.4, -0.2) is 35.6 Å². The van der Waals surface area contributed by atoms with Crippen LogP contribution in [0.25, 0.3) is 0 Å². The van der Waals surface area contributed by atoms with Crippen molar-refractivity contribution in [1.29, 1.82) is 0 Å². The van der Waals surface area contributed by atoms with Gasteiger partial charge in [-0.3, -0.25) is 24.1 Å². The summed E-state index contributed by atoms with van der Waals surface area (Å²) in [4.78, 5) is 55.4. The van der Waals surface area contributed by atoms with Crippen molar-refractivity contribution < 1.29 is 29.0 Å². The molecule has 1 N–H and O–H groups in total. The number of nitrogens with zero attached hydrogens (tertiary/aromatic N) is 1. The number of carbonyl (C=O) groups excluding carboxylic acids is 4. The fourth-order valence-electron chi connectivity index (χ4n) is 6.51. The van der Waals surface area contributed by atoms with Crippen molar-refractivity contribution in [2.75, 3.05) is 12.0 Å². The largest absolute Gasteiger partial charge is 0.504 e. The molecule has 2 aromatic carbocycles. The van der Waals surface area contributed by atoms with Gasteiger partial charge in [-0.1, -0.05) is 29.8 Å². The SMILES string of the molecule is COc1cc(C2C3=CCC4C(=O)N(c5ccccc5)C(=O)C4C3CC3=C2C(=O)C=C(C)C3=O)cc(I)c1O. The summed E-state index contributed by atoms with van der Waals surface area (Å²) in [7, 11) is 1.45. The van der Waals surface area contributed by atoms with Crippen LogP contribution in [0.15, 0.2) is 76.9 Å². The van der Waals surface area contributed by atoms with Crippen LogP contribution in [0, 0.1) is 21.3 Å². The van der Waals surface area contributed by atoms with Crippen molar-refractivity contribution in [2.45, 2.75) is 25.7 Å². The molecule has 38 heavy (non-hydrogen) atoms. The molecule has 8 heteroatoms. The monoisotopic (exact) mass is 621 g/mol. The van der Waals surface area contributed by atoms with Gasteiger partial charge in [0.1, 0.15) is 0 Å². The Morgan fingerprint density at radius 3 is 2.47 bits per heavy atom. The maximum atomic E-state index is 13.9. The summed E-state index contributed by atoms with van der Waals surface area (Å²) in [5.74, 6) is -2.86. The van der Waals surface area contributed by atoms with Crippen LogP contribution in [0.4, 0.5) is 5.69 Å². The first-order valence-corrected chi connectivity index (χ1v) is 13.5. The van der Waals surface area contributed by atoms with E-state index in [1.807, 2.05) is 34.7 Å². The lowest BCUT2D eigenvalue weighted by atomic mass is 9.59. The number of phenols is 1. The van der Waals surface area contributed by atoms with Crippen molar-refractivity contribution in [3.63, 3.8) is 0 Å². The van der Waals surface area contributed by atoms with Gasteiger partial charge in [0.2, 0.25) is 11.8 Å². The maximum absolute atomic E-state index is 13.9. The molecule has 1 saturated heterocycles. The molecular weight excluding hydrogens is 597 g/mol. The molecule has 0 spiro atoms. The Labute approximate surface area is 233 Å². The van der Waals surface area contributed by atoms with E-state index in [0.29, 0.717) is 38.0 Å². The summed E-state index contributed by atoms with van der Waals surface area (Å²) in [6.07, 6.45) is 3.95. The van der Waals surface area contributed by atoms with E-state index in [1.54, 1.807) is 43.3 Å². The molecule has 0 radical (unpaired) electrons. The lowest BCUT2D eigenvalue weighted by molar-refractivity contribution is -0.123. The lowest BCUT2D eigenvalue weighted by Crippen LogP contribution is -2.39. The zero-order chi connectivity index (χ0) is 26.9. The van der Waals surface area contributed by atoms with Crippen molar-refractivity contribution in [2.24, 2.45) is 17.8 Å². The number of Topliss-reactive ketones (excluding diaryl/α,β-unsaturated/α-hetero) is 1. The number of halogens is 1. The number of hydrogen-bond acceptors (Lipinski definition) is 6. The fourth-order valence-corrected chi connectivity index (χ4v) is 7.13. The number of ether oxygens (including phenoxy) is 1. The van der Waals surface area contributed by atoms with E-state index in [0.717, 1.165) is 5.57 Å². The highest BCUT2D eigenvalue weighted by Gasteiger charge is 2.56. The number of amides is 2. The van der Waals surface area contributed by atoms with Crippen LogP contribution < -0.4 is 9.64 Å². The number of methoxy groups -OCH3 is 1. The summed E-state index contributed by atoms with van der Waals surface area (Å²) in [6, 6.07) is 12.4. The number of aromatic hydroxyl groups is 1. The summed E-state index contributed by atoms with van der Waals surface area (Å²) < 4.78 is 5.94. The van der Waals surface area contributed by atoms with Gasteiger partial charge >= 0.3 is 0 Å². The summed E-state index contributed by atoms with van der Waals surface area (Å²) in [5.41, 5.74) is 3.26. The molecule has 0 aromatic heterocycles. The van der Waals surface area contributed by atoms with Crippen molar-refractivity contribution >= 4 is 51.7 Å². The molecule has 0 bridgehead atoms. The van der Waals surface area contributed by atoms with Crippen LogP contribution >= 0.6 is 22.6 Å². The standard InChI is InChI=1S/C30H24INO6/c1-14-10-22(33)26-20(27(14)34)13-19-17(24(26)15-11-21(31)28(35)23(12-15)38-2)8-9-18-25(19)30(37)32(29(18)36)16-6-4-3-5-7-16/h3-8,10-12,18-19,24-25,35H,9,13H2,1-2H3. The van der Waals surface area contributed by atoms with Gasteiger partial charge in [0, 0.05) is 22.6 Å². The molecule has 4 unspecified atom stereocenters. The van der Waals surface area contributed by atoms with Crippen LogP contribution in [0.5, 0.6) is 11.5 Å². The summed E-state index contributed by atoms with van der Waals surface area (Å²) >= 11 is 2.01. The summed E-state index contributed by atoms with van der Waals surface area (Å²) in [6.45, 7) is 1.63. The molecule has 4 atom stereocenters. The van der Waals surface area contributed by atoms with Gasteiger partial charge < -0.3 is 9.84 Å². The smallest absolute Gasteiger partial charge is 0.238 e. The predicted octanol–water partition coefficient (Wildman–Crippen LogP) is 4.64. The molecule has 1 aliphatic heterocycles. The normalized spacial score (nSPS) is 26.6. The number of imide groups is 1. The van der Waals surface area contributed by atoms with Gasteiger partial charge in [-0.2, -0.15) is 0 Å². The van der Waals surface area contributed by atoms with Gasteiger partial charge in [0.15, 0.2) is 23.1 Å². The van der Waals surface area contributed by atoms with Crippen LogP contribution in [0.3, 0.4) is 0 Å². The molecule has 7 nitrogen and oxygen atoms in total. The van der Waals surface area contributed by atoms with E-state index in [9.17, 15) is 24.3 Å². The molecule has 2 amide bonds. The molecule has 3 aliphatic carbocycles. The first kappa shape index (κ1) is 24.8. The first-order valence-electron chi connectivity index (χ1n) is 12.4. The number of carbonyl (C=O) groups is 4. The van der Waals surface area contributed by atoms with Gasteiger partial charge in [-0.25, -0.2) is 0 Å². The Balaban J connectivity index is 1.52. The Kier molecular flexibility index (Phi) is 5.90. The van der Waals surface area contributed by atoms with Crippen LogP contribution in [0.1, 0.15) is 31.2 Å². The van der Waals surface area contributed by atoms with E-state index < -0.39 is 23.7 Å². The van der Waals surface area contributed by atoms with E-state index >= 15 is 0 Å². The second-order valence-electron chi connectivity index (χ2n) is 10.1. The Morgan fingerprint density at radius 1 is 1.03 bits per heavy atom. The zero-order valence-corrected chi connectivity index (χ0v) is 22.9. The third-order valence-electron chi connectivity index (χ3n) is 8.18. The van der Waals surface area contributed by atoms with E-state index in [2.05, 4.69) is 0 Å². The van der Waals surface area contributed by atoms with E-state index in [-0.39, 0.29) is 41.3 Å². The Morgan fingerprint density at radius 2 is 1.76 bits per heavy atom. The first-order chi connectivity index (χ1) is 18.2. The van der Waals surface area contributed by atoms with Crippen LogP contribution in [-0.2, 0) is 19.2 Å². The lowest BCUT2D eigenvalue weighted by Gasteiger charge is -2.42. The molecule has 1 heterocycles. The third-order valence-corrected chi connectivity index (χ3v) is 9.00. The number of phenolic OH excluding ortho intramolecular Hbond substituents is 1. The fraction of sp³-hybridized carbons (Fsp3) is 0.267. The molecule has 6 rings (SSSR count). The maximum Gasteiger partial charge on any atom is 0.238 e. The minimum Gasteiger partial charge on any atom is -0.504 e. The highest BCUT2D eigenvalue weighted by atomic mass is 127. The molecule has 192 valence electrons.